The summed E-state index contributed by atoms with van der Waals surface area (Å²) < 4.78 is 25.3. The second-order valence-corrected chi connectivity index (χ2v) is 8.41. The van der Waals surface area contributed by atoms with Crippen LogP contribution in [-0.4, -0.2) is 33.7 Å². The van der Waals surface area contributed by atoms with Crippen LogP contribution in [0.25, 0.3) is 11.3 Å². The van der Waals surface area contributed by atoms with E-state index in [1.807, 2.05) is 48.6 Å². The highest BCUT2D eigenvalue weighted by Gasteiger charge is 2.16. The molecule has 0 aliphatic rings. The SMILES string of the molecule is CN(C)c1ccc(NS(=O)[O-])c(C(=O)Nc2nc(-c3ccc(Br)cc3)cs2)c1. The van der Waals surface area contributed by atoms with E-state index >= 15 is 0 Å². The number of aromatic nitrogens is 1. The number of anilines is 3. The molecule has 146 valence electrons. The first-order valence-corrected chi connectivity index (χ1v) is 10.8. The minimum Gasteiger partial charge on any atom is -0.755 e. The van der Waals surface area contributed by atoms with Gasteiger partial charge in [-0.05, 0) is 30.3 Å². The number of hydrogen-bond donors (Lipinski definition) is 2. The minimum absolute atomic E-state index is 0.195. The van der Waals surface area contributed by atoms with Crippen molar-refractivity contribution in [3.05, 3.63) is 57.9 Å². The summed E-state index contributed by atoms with van der Waals surface area (Å²) in [7, 11) is 3.67. The number of nitrogens with one attached hydrogen (secondary N) is 2. The molecule has 1 heterocycles. The summed E-state index contributed by atoms with van der Waals surface area (Å²) in [5, 5.41) is 5.01. The van der Waals surface area contributed by atoms with Gasteiger partial charge in [-0.15, -0.1) is 11.3 Å². The van der Waals surface area contributed by atoms with Crippen molar-refractivity contribution >= 4 is 60.9 Å². The van der Waals surface area contributed by atoms with Crippen molar-refractivity contribution in [2.75, 3.05) is 29.0 Å². The van der Waals surface area contributed by atoms with E-state index in [9.17, 15) is 13.6 Å². The zero-order chi connectivity index (χ0) is 20.3. The van der Waals surface area contributed by atoms with Gasteiger partial charge < -0.3 is 14.2 Å². The molecule has 0 fully saturated rings. The summed E-state index contributed by atoms with van der Waals surface area (Å²) in [6.07, 6.45) is 0. The standard InChI is InChI=1S/C18H17BrN4O3S2/c1-23(2)13-7-8-15(22-28(25)26)14(9-13)17(24)21-18-20-16(10-27-18)11-3-5-12(19)6-4-11/h3-10,22H,1-2H3,(H,25,26)(H,20,21,24)/p-1. The van der Waals surface area contributed by atoms with E-state index in [1.165, 1.54) is 11.3 Å². The van der Waals surface area contributed by atoms with Crippen molar-refractivity contribution < 1.29 is 13.6 Å². The lowest BCUT2D eigenvalue weighted by atomic mass is 10.1. The Balaban J connectivity index is 1.85. The van der Waals surface area contributed by atoms with E-state index in [0.29, 0.717) is 5.13 Å². The van der Waals surface area contributed by atoms with Crippen molar-refractivity contribution in [3.8, 4) is 11.3 Å². The zero-order valence-corrected chi connectivity index (χ0v) is 18.2. The number of thiazole rings is 1. The Bertz CT molecular complexity index is 1020. The molecule has 1 atom stereocenters. The molecule has 1 amide bonds. The number of carbonyl (C=O) groups excluding carboxylic acids is 1. The van der Waals surface area contributed by atoms with Crippen LogP contribution in [0.15, 0.2) is 52.3 Å². The van der Waals surface area contributed by atoms with Crippen molar-refractivity contribution in [1.29, 1.82) is 0 Å². The number of halogens is 1. The smallest absolute Gasteiger partial charge is 0.259 e. The maximum Gasteiger partial charge on any atom is 0.259 e. The summed E-state index contributed by atoms with van der Waals surface area (Å²) in [6, 6.07) is 12.6. The van der Waals surface area contributed by atoms with Gasteiger partial charge in [-0.1, -0.05) is 28.1 Å². The highest BCUT2D eigenvalue weighted by molar-refractivity contribution is 9.10. The van der Waals surface area contributed by atoms with Gasteiger partial charge in [0.1, 0.15) is 0 Å². The Labute approximate surface area is 177 Å². The van der Waals surface area contributed by atoms with Crippen molar-refractivity contribution in [2.45, 2.75) is 0 Å². The van der Waals surface area contributed by atoms with E-state index in [0.717, 1.165) is 21.4 Å². The zero-order valence-electron chi connectivity index (χ0n) is 14.9. The molecule has 1 unspecified atom stereocenters. The van der Waals surface area contributed by atoms with Gasteiger partial charge in [-0.2, -0.15) is 0 Å². The fraction of sp³-hybridized carbons (Fsp3) is 0.111. The lowest BCUT2D eigenvalue weighted by Gasteiger charge is -2.17. The molecule has 7 nitrogen and oxygen atoms in total. The van der Waals surface area contributed by atoms with Gasteiger partial charge >= 0.3 is 0 Å². The molecule has 0 aliphatic carbocycles. The van der Waals surface area contributed by atoms with Gasteiger partial charge in [0.15, 0.2) is 5.13 Å². The Morgan fingerprint density at radius 3 is 2.57 bits per heavy atom. The molecule has 28 heavy (non-hydrogen) atoms. The predicted molar refractivity (Wildman–Crippen MR) is 117 cm³/mol. The summed E-state index contributed by atoms with van der Waals surface area (Å²) in [5.74, 6) is -0.451. The van der Waals surface area contributed by atoms with Crippen molar-refractivity contribution in [1.82, 2.24) is 4.98 Å². The number of rotatable bonds is 6. The molecular formula is C18H16BrN4O3S2-. The van der Waals surface area contributed by atoms with Crippen LogP contribution in [0, 0.1) is 0 Å². The summed E-state index contributed by atoms with van der Waals surface area (Å²) in [6.45, 7) is 0. The molecule has 1 aromatic heterocycles. The lowest BCUT2D eigenvalue weighted by Crippen LogP contribution is -2.17. The number of hydrogen-bond acceptors (Lipinski definition) is 6. The molecule has 3 rings (SSSR count). The van der Waals surface area contributed by atoms with Crippen LogP contribution in [0.2, 0.25) is 0 Å². The first-order valence-electron chi connectivity index (χ1n) is 8.03. The average Bonchev–Trinajstić information content (AvgIpc) is 3.10. The van der Waals surface area contributed by atoms with Gasteiger partial charge in [0, 0.05) is 46.5 Å². The molecule has 0 saturated heterocycles. The van der Waals surface area contributed by atoms with Gasteiger partial charge in [-0.3, -0.25) is 14.3 Å². The van der Waals surface area contributed by atoms with E-state index in [-0.39, 0.29) is 11.3 Å². The summed E-state index contributed by atoms with van der Waals surface area (Å²) >= 11 is 2.15. The number of carbonyl (C=O) groups is 1. The van der Waals surface area contributed by atoms with Crippen LogP contribution in [0.5, 0.6) is 0 Å². The topological polar surface area (TPSA) is 97.4 Å². The summed E-state index contributed by atoms with van der Waals surface area (Å²) in [4.78, 5) is 19.0. The number of benzene rings is 2. The van der Waals surface area contributed by atoms with Crippen LogP contribution < -0.4 is 14.9 Å². The second-order valence-electron chi connectivity index (χ2n) is 5.96. The maximum absolute atomic E-state index is 12.8. The molecule has 0 radical (unpaired) electrons. The largest absolute Gasteiger partial charge is 0.755 e. The van der Waals surface area contributed by atoms with Gasteiger partial charge in [0.25, 0.3) is 5.91 Å². The minimum atomic E-state index is -2.54. The molecule has 2 N–H and O–H groups in total. The quantitative estimate of drug-likeness (QED) is 0.518. The molecule has 0 spiro atoms. The molecule has 0 bridgehead atoms. The molecule has 3 aromatic rings. The first-order chi connectivity index (χ1) is 13.3. The lowest BCUT2D eigenvalue weighted by molar-refractivity contribution is 0.102. The summed E-state index contributed by atoms with van der Waals surface area (Å²) in [5.41, 5.74) is 2.84. The Kier molecular flexibility index (Phi) is 6.45. The van der Waals surface area contributed by atoms with Crippen LogP contribution in [0.1, 0.15) is 10.4 Å². The van der Waals surface area contributed by atoms with Crippen molar-refractivity contribution in [3.63, 3.8) is 0 Å². The van der Waals surface area contributed by atoms with Crippen LogP contribution in [0.3, 0.4) is 0 Å². The highest BCUT2D eigenvalue weighted by Crippen LogP contribution is 2.28. The highest BCUT2D eigenvalue weighted by atomic mass is 79.9. The second kappa shape index (κ2) is 8.82. The van der Waals surface area contributed by atoms with Gasteiger partial charge in [0.05, 0.1) is 16.9 Å². The monoisotopic (exact) mass is 479 g/mol. The fourth-order valence-electron chi connectivity index (χ4n) is 2.43. The molecule has 2 aromatic carbocycles. The van der Waals surface area contributed by atoms with Crippen molar-refractivity contribution in [2.24, 2.45) is 0 Å². The van der Waals surface area contributed by atoms with E-state index in [1.54, 1.807) is 18.2 Å². The fourth-order valence-corrected chi connectivity index (χ4v) is 3.76. The molecule has 0 saturated carbocycles. The predicted octanol–water partition coefficient (Wildman–Crippen LogP) is 4.10. The third-order valence-corrected chi connectivity index (χ3v) is 5.50. The van der Waals surface area contributed by atoms with Crippen LogP contribution in [-0.2, 0) is 11.3 Å². The average molecular weight is 480 g/mol. The maximum atomic E-state index is 12.8. The van der Waals surface area contributed by atoms with E-state index < -0.39 is 17.2 Å². The Morgan fingerprint density at radius 1 is 1.21 bits per heavy atom. The van der Waals surface area contributed by atoms with Gasteiger partial charge in [-0.25, -0.2) is 4.98 Å². The molecule has 0 aliphatic heterocycles. The van der Waals surface area contributed by atoms with Crippen LogP contribution in [0.4, 0.5) is 16.5 Å². The van der Waals surface area contributed by atoms with E-state index in [2.05, 4.69) is 31.0 Å². The van der Waals surface area contributed by atoms with E-state index in [4.69, 9.17) is 0 Å². The third kappa shape index (κ3) is 4.96. The van der Waals surface area contributed by atoms with Crippen LogP contribution >= 0.6 is 27.3 Å². The normalized spacial score (nSPS) is 11.7. The third-order valence-electron chi connectivity index (χ3n) is 3.82. The Morgan fingerprint density at radius 2 is 1.93 bits per heavy atom. The number of nitrogens with zero attached hydrogens (tertiary/aromatic N) is 2. The molecule has 10 heteroatoms. The Hall–Kier alpha value is -2.27. The van der Waals surface area contributed by atoms with Gasteiger partial charge in [0.2, 0.25) is 0 Å². The first kappa shape index (κ1) is 20.5. The number of amides is 1. The molecular weight excluding hydrogens is 464 g/mol.